The van der Waals surface area contributed by atoms with Crippen molar-refractivity contribution >= 4 is 5.91 Å². The molecule has 2 heteroatoms. The van der Waals surface area contributed by atoms with Crippen LogP contribution in [0.3, 0.4) is 0 Å². The lowest BCUT2D eigenvalue weighted by Crippen LogP contribution is -2.32. The number of hydrogen-bond donors (Lipinski definition) is 1. The van der Waals surface area contributed by atoms with E-state index in [-0.39, 0.29) is 11.3 Å². The van der Waals surface area contributed by atoms with Crippen molar-refractivity contribution in [3.63, 3.8) is 0 Å². The summed E-state index contributed by atoms with van der Waals surface area (Å²) in [6, 6.07) is 0. The SMILES string of the molecule is CC(C)(C)C1=CCC(=O)NC1. The molecule has 0 aliphatic carbocycles. The van der Waals surface area contributed by atoms with Crippen molar-refractivity contribution in [1.29, 1.82) is 0 Å². The zero-order valence-corrected chi connectivity index (χ0v) is 7.40. The smallest absolute Gasteiger partial charge is 0.224 e. The highest BCUT2D eigenvalue weighted by atomic mass is 16.1. The molecular weight excluding hydrogens is 138 g/mol. The largest absolute Gasteiger partial charge is 0.352 e. The fourth-order valence-electron chi connectivity index (χ4n) is 1.13. The van der Waals surface area contributed by atoms with Gasteiger partial charge in [-0.3, -0.25) is 4.79 Å². The molecule has 0 atom stereocenters. The predicted molar refractivity (Wildman–Crippen MR) is 45.2 cm³/mol. The van der Waals surface area contributed by atoms with Crippen LogP contribution in [-0.2, 0) is 4.79 Å². The number of carbonyl (C=O) groups is 1. The van der Waals surface area contributed by atoms with Gasteiger partial charge in [0.2, 0.25) is 5.91 Å². The standard InChI is InChI=1S/C9H15NO/c1-9(2,3)7-4-5-8(11)10-6-7/h4H,5-6H2,1-3H3,(H,10,11). The van der Waals surface area contributed by atoms with Gasteiger partial charge in [-0.25, -0.2) is 0 Å². The molecule has 0 aromatic carbocycles. The molecule has 11 heavy (non-hydrogen) atoms. The van der Waals surface area contributed by atoms with Gasteiger partial charge in [0.25, 0.3) is 0 Å². The fraction of sp³-hybridized carbons (Fsp3) is 0.667. The van der Waals surface area contributed by atoms with E-state index in [1.54, 1.807) is 0 Å². The van der Waals surface area contributed by atoms with E-state index >= 15 is 0 Å². The normalized spacial score (nSPS) is 19.2. The molecule has 1 aliphatic rings. The van der Waals surface area contributed by atoms with Gasteiger partial charge in [0, 0.05) is 13.0 Å². The summed E-state index contributed by atoms with van der Waals surface area (Å²) in [7, 11) is 0. The number of nitrogens with one attached hydrogen (secondary N) is 1. The van der Waals surface area contributed by atoms with Crippen LogP contribution in [0, 0.1) is 5.41 Å². The lowest BCUT2D eigenvalue weighted by Gasteiger charge is -2.26. The molecule has 0 saturated carbocycles. The van der Waals surface area contributed by atoms with Crippen LogP contribution in [0.5, 0.6) is 0 Å². The van der Waals surface area contributed by atoms with E-state index in [2.05, 4.69) is 26.1 Å². The first kappa shape index (κ1) is 8.31. The molecule has 0 radical (unpaired) electrons. The topological polar surface area (TPSA) is 29.1 Å². The first-order valence-electron chi connectivity index (χ1n) is 3.96. The summed E-state index contributed by atoms with van der Waals surface area (Å²) in [6.07, 6.45) is 2.59. The Bertz CT molecular complexity index is 198. The summed E-state index contributed by atoms with van der Waals surface area (Å²) >= 11 is 0. The Morgan fingerprint density at radius 2 is 2.09 bits per heavy atom. The minimum absolute atomic E-state index is 0.137. The van der Waals surface area contributed by atoms with E-state index in [0.717, 1.165) is 6.54 Å². The molecule has 0 fully saturated rings. The Morgan fingerprint density at radius 1 is 1.45 bits per heavy atom. The second-order valence-corrected chi connectivity index (χ2v) is 3.96. The van der Waals surface area contributed by atoms with Gasteiger partial charge in [-0.05, 0) is 11.0 Å². The molecule has 0 unspecified atom stereocenters. The predicted octanol–water partition coefficient (Wildman–Crippen LogP) is 1.48. The second-order valence-electron chi connectivity index (χ2n) is 3.96. The van der Waals surface area contributed by atoms with Gasteiger partial charge in [0.15, 0.2) is 0 Å². The van der Waals surface area contributed by atoms with Gasteiger partial charge >= 0.3 is 0 Å². The van der Waals surface area contributed by atoms with Crippen molar-refractivity contribution in [2.24, 2.45) is 5.41 Å². The third kappa shape index (κ3) is 2.07. The molecule has 62 valence electrons. The zero-order valence-electron chi connectivity index (χ0n) is 7.40. The van der Waals surface area contributed by atoms with Crippen molar-refractivity contribution < 1.29 is 4.79 Å². The molecule has 2 nitrogen and oxygen atoms in total. The van der Waals surface area contributed by atoms with Crippen LogP contribution in [0.1, 0.15) is 27.2 Å². The van der Waals surface area contributed by atoms with Crippen molar-refractivity contribution in [3.05, 3.63) is 11.6 Å². The lowest BCUT2D eigenvalue weighted by atomic mass is 9.84. The average Bonchev–Trinajstić information content (AvgIpc) is 1.86. The Labute approximate surface area is 67.7 Å². The van der Waals surface area contributed by atoms with Gasteiger partial charge in [0.1, 0.15) is 0 Å². The van der Waals surface area contributed by atoms with Crippen LogP contribution in [-0.4, -0.2) is 12.5 Å². The quantitative estimate of drug-likeness (QED) is 0.525. The van der Waals surface area contributed by atoms with Gasteiger partial charge < -0.3 is 5.32 Å². The van der Waals surface area contributed by atoms with Gasteiger partial charge in [0.05, 0.1) is 0 Å². The van der Waals surface area contributed by atoms with Crippen LogP contribution in [0.15, 0.2) is 11.6 Å². The molecule has 1 rings (SSSR count). The summed E-state index contributed by atoms with van der Waals surface area (Å²) in [5.41, 5.74) is 1.53. The monoisotopic (exact) mass is 153 g/mol. The zero-order chi connectivity index (χ0) is 8.48. The summed E-state index contributed by atoms with van der Waals surface area (Å²) in [5.74, 6) is 0.137. The average molecular weight is 153 g/mol. The highest BCUT2D eigenvalue weighted by Gasteiger charge is 2.20. The van der Waals surface area contributed by atoms with Crippen LogP contribution in [0.2, 0.25) is 0 Å². The Kier molecular flexibility index (Phi) is 2.03. The third-order valence-corrected chi connectivity index (χ3v) is 1.97. The molecule has 1 aliphatic heterocycles. The molecule has 1 heterocycles. The van der Waals surface area contributed by atoms with Gasteiger partial charge in [-0.2, -0.15) is 0 Å². The Morgan fingerprint density at radius 3 is 2.45 bits per heavy atom. The first-order valence-corrected chi connectivity index (χ1v) is 3.96. The fourth-order valence-corrected chi connectivity index (χ4v) is 1.13. The van der Waals surface area contributed by atoms with E-state index in [1.165, 1.54) is 5.57 Å². The maximum atomic E-state index is 10.8. The summed E-state index contributed by atoms with van der Waals surface area (Å²) in [4.78, 5) is 10.8. The minimum Gasteiger partial charge on any atom is -0.352 e. The van der Waals surface area contributed by atoms with E-state index in [4.69, 9.17) is 0 Å². The molecule has 0 aromatic rings. The summed E-state index contributed by atoms with van der Waals surface area (Å²) in [5, 5.41) is 2.83. The number of amides is 1. The van der Waals surface area contributed by atoms with E-state index < -0.39 is 0 Å². The van der Waals surface area contributed by atoms with Crippen LogP contribution in [0.4, 0.5) is 0 Å². The van der Waals surface area contributed by atoms with Crippen molar-refractivity contribution in [2.45, 2.75) is 27.2 Å². The number of hydrogen-bond acceptors (Lipinski definition) is 1. The van der Waals surface area contributed by atoms with Crippen molar-refractivity contribution in [2.75, 3.05) is 6.54 Å². The molecule has 0 bridgehead atoms. The van der Waals surface area contributed by atoms with Crippen LogP contribution in [0.25, 0.3) is 0 Å². The molecule has 0 aromatic heterocycles. The molecule has 1 amide bonds. The molecule has 0 spiro atoms. The summed E-state index contributed by atoms with van der Waals surface area (Å²) in [6.45, 7) is 7.21. The molecule has 0 saturated heterocycles. The highest BCUT2D eigenvalue weighted by molar-refractivity contribution is 5.79. The van der Waals surface area contributed by atoms with Crippen LogP contribution < -0.4 is 5.32 Å². The first-order chi connectivity index (χ1) is 5.00. The number of carbonyl (C=O) groups excluding carboxylic acids is 1. The van der Waals surface area contributed by atoms with Gasteiger partial charge in [-0.1, -0.05) is 26.8 Å². The Balaban J connectivity index is 2.69. The van der Waals surface area contributed by atoms with Crippen molar-refractivity contribution in [1.82, 2.24) is 5.32 Å². The number of rotatable bonds is 0. The van der Waals surface area contributed by atoms with Crippen LogP contribution >= 0.6 is 0 Å². The highest BCUT2D eigenvalue weighted by Crippen LogP contribution is 2.26. The summed E-state index contributed by atoms with van der Waals surface area (Å²) < 4.78 is 0. The van der Waals surface area contributed by atoms with Crippen molar-refractivity contribution in [3.8, 4) is 0 Å². The lowest BCUT2D eigenvalue weighted by molar-refractivity contribution is -0.120. The molecule has 1 N–H and O–H groups in total. The maximum absolute atomic E-state index is 10.8. The minimum atomic E-state index is 0.137. The van der Waals surface area contributed by atoms with E-state index in [0.29, 0.717) is 6.42 Å². The van der Waals surface area contributed by atoms with E-state index in [1.807, 2.05) is 6.08 Å². The van der Waals surface area contributed by atoms with E-state index in [9.17, 15) is 4.79 Å². The maximum Gasteiger partial charge on any atom is 0.224 e. The second kappa shape index (κ2) is 2.68. The Hall–Kier alpha value is -0.790. The van der Waals surface area contributed by atoms with Gasteiger partial charge in [-0.15, -0.1) is 0 Å². The third-order valence-electron chi connectivity index (χ3n) is 1.97. The molecular formula is C9H15NO.